The van der Waals surface area contributed by atoms with Crippen molar-refractivity contribution in [1.29, 1.82) is 0 Å². The molecule has 2 aliphatic heterocycles. The van der Waals surface area contributed by atoms with Crippen LogP contribution in [-0.4, -0.2) is 52.6 Å². The average Bonchev–Trinajstić information content (AvgIpc) is 3.14. The molecular weight excluding hydrogens is 386 g/mol. The lowest BCUT2D eigenvalue weighted by Gasteiger charge is -2.32. The number of hydrogen-bond donors (Lipinski definition) is 1. The van der Waals surface area contributed by atoms with Gasteiger partial charge in [-0.1, -0.05) is 18.2 Å². The summed E-state index contributed by atoms with van der Waals surface area (Å²) in [6.45, 7) is 8.42. The molecule has 6 nitrogen and oxygen atoms in total. The van der Waals surface area contributed by atoms with Crippen LogP contribution in [0.3, 0.4) is 0 Å². The van der Waals surface area contributed by atoms with Gasteiger partial charge >= 0.3 is 0 Å². The van der Waals surface area contributed by atoms with E-state index in [1.165, 1.54) is 12.7 Å². The molecule has 0 radical (unpaired) electrons. The number of sulfonamides is 1. The molecule has 2 aromatic rings. The van der Waals surface area contributed by atoms with E-state index in [2.05, 4.69) is 23.2 Å². The van der Waals surface area contributed by atoms with Crippen LogP contribution in [0.4, 0.5) is 5.69 Å². The van der Waals surface area contributed by atoms with Crippen molar-refractivity contribution in [2.75, 3.05) is 37.6 Å². The first kappa shape index (κ1) is 20.2. The highest BCUT2D eigenvalue weighted by atomic mass is 32.2. The number of ether oxygens (including phenoxy) is 1. The van der Waals surface area contributed by atoms with Crippen LogP contribution in [0.5, 0.6) is 5.75 Å². The van der Waals surface area contributed by atoms with E-state index in [9.17, 15) is 8.42 Å². The van der Waals surface area contributed by atoms with Gasteiger partial charge in [0.15, 0.2) is 0 Å². The molecule has 1 unspecified atom stereocenters. The largest absolute Gasteiger partial charge is 0.495 e. The molecule has 1 N–H and O–H groups in total. The Bertz CT molecular complexity index is 1010. The van der Waals surface area contributed by atoms with Crippen LogP contribution >= 0.6 is 0 Å². The number of nitrogens with zero attached hydrogens (tertiary/aromatic N) is 2. The number of benzene rings is 2. The average molecular weight is 416 g/mol. The Labute approximate surface area is 173 Å². The van der Waals surface area contributed by atoms with Gasteiger partial charge < -0.3 is 10.1 Å². The van der Waals surface area contributed by atoms with Gasteiger partial charge in [0.2, 0.25) is 0 Å². The van der Waals surface area contributed by atoms with E-state index in [0.717, 1.165) is 49.4 Å². The number of rotatable bonds is 5. The van der Waals surface area contributed by atoms with Gasteiger partial charge in [-0.05, 0) is 55.2 Å². The topological polar surface area (TPSA) is 61.9 Å². The lowest BCUT2D eigenvalue weighted by Crippen LogP contribution is -2.48. The Morgan fingerprint density at radius 2 is 2.03 bits per heavy atom. The molecule has 0 saturated carbocycles. The van der Waals surface area contributed by atoms with Gasteiger partial charge in [0.05, 0.1) is 12.8 Å². The van der Waals surface area contributed by atoms with Crippen molar-refractivity contribution in [1.82, 2.24) is 10.2 Å². The van der Waals surface area contributed by atoms with Crippen LogP contribution in [-0.2, 0) is 23.0 Å². The minimum atomic E-state index is -3.69. The third kappa shape index (κ3) is 3.86. The SMILES string of the molecule is COc1ccc(C)cc1S(=O)(=O)N1CCc2c(CN3CCNC(C)C3)cccc21. The van der Waals surface area contributed by atoms with Crippen molar-refractivity contribution in [3.05, 3.63) is 53.1 Å². The highest BCUT2D eigenvalue weighted by Crippen LogP contribution is 2.37. The van der Waals surface area contributed by atoms with Gasteiger partial charge in [-0.25, -0.2) is 8.42 Å². The summed E-state index contributed by atoms with van der Waals surface area (Å²) in [5.41, 5.74) is 4.07. The predicted molar refractivity (Wildman–Crippen MR) is 115 cm³/mol. The van der Waals surface area contributed by atoms with Crippen molar-refractivity contribution < 1.29 is 13.2 Å². The van der Waals surface area contributed by atoms with E-state index >= 15 is 0 Å². The van der Waals surface area contributed by atoms with E-state index in [1.54, 1.807) is 16.4 Å². The van der Waals surface area contributed by atoms with Crippen LogP contribution in [0.2, 0.25) is 0 Å². The highest BCUT2D eigenvalue weighted by molar-refractivity contribution is 7.93. The normalized spacial score (nSPS) is 20.0. The number of nitrogens with one attached hydrogen (secondary N) is 1. The number of aryl methyl sites for hydroxylation is 1. The Balaban J connectivity index is 1.66. The fraction of sp³-hybridized carbons (Fsp3) is 0.455. The highest BCUT2D eigenvalue weighted by Gasteiger charge is 2.34. The Morgan fingerprint density at radius 1 is 1.21 bits per heavy atom. The van der Waals surface area contributed by atoms with Crippen molar-refractivity contribution in [3.8, 4) is 5.75 Å². The number of anilines is 1. The smallest absolute Gasteiger partial charge is 0.268 e. The lowest BCUT2D eigenvalue weighted by atomic mass is 10.0. The molecule has 1 fully saturated rings. The maximum absolute atomic E-state index is 13.5. The molecule has 1 atom stereocenters. The van der Waals surface area contributed by atoms with Crippen LogP contribution in [0.25, 0.3) is 0 Å². The van der Waals surface area contributed by atoms with Gasteiger partial charge in [-0.3, -0.25) is 9.21 Å². The van der Waals surface area contributed by atoms with Crippen LogP contribution in [0.1, 0.15) is 23.6 Å². The molecule has 2 aliphatic rings. The van der Waals surface area contributed by atoms with E-state index < -0.39 is 10.0 Å². The number of fused-ring (bicyclic) bond motifs is 1. The predicted octanol–water partition coefficient (Wildman–Crippen LogP) is 2.55. The second-order valence-corrected chi connectivity index (χ2v) is 9.82. The van der Waals surface area contributed by atoms with Crippen molar-refractivity contribution in [2.45, 2.75) is 37.8 Å². The molecule has 4 rings (SSSR count). The van der Waals surface area contributed by atoms with Gasteiger partial charge in [-0.2, -0.15) is 0 Å². The fourth-order valence-corrected chi connectivity index (χ4v) is 6.12. The molecule has 29 heavy (non-hydrogen) atoms. The van der Waals surface area contributed by atoms with Gasteiger partial charge in [0.25, 0.3) is 10.0 Å². The minimum Gasteiger partial charge on any atom is -0.495 e. The molecule has 0 bridgehead atoms. The third-order valence-corrected chi connectivity index (χ3v) is 7.65. The quantitative estimate of drug-likeness (QED) is 0.813. The van der Waals surface area contributed by atoms with E-state index in [0.29, 0.717) is 18.3 Å². The summed E-state index contributed by atoms with van der Waals surface area (Å²) in [6.07, 6.45) is 0.737. The molecule has 0 aromatic heterocycles. The summed E-state index contributed by atoms with van der Waals surface area (Å²) in [4.78, 5) is 2.67. The summed E-state index contributed by atoms with van der Waals surface area (Å²) >= 11 is 0. The zero-order valence-electron chi connectivity index (χ0n) is 17.3. The molecule has 0 amide bonds. The van der Waals surface area contributed by atoms with Gasteiger partial charge in [0.1, 0.15) is 10.6 Å². The van der Waals surface area contributed by atoms with E-state index in [1.807, 2.05) is 25.1 Å². The molecule has 1 saturated heterocycles. The number of piperazine rings is 1. The maximum Gasteiger partial charge on any atom is 0.268 e. The van der Waals surface area contributed by atoms with E-state index in [-0.39, 0.29) is 4.90 Å². The first-order valence-corrected chi connectivity index (χ1v) is 11.6. The number of methoxy groups -OCH3 is 1. The van der Waals surface area contributed by atoms with Gasteiger partial charge in [-0.15, -0.1) is 0 Å². The first-order chi connectivity index (χ1) is 13.9. The van der Waals surface area contributed by atoms with Crippen molar-refractivity contribution in [2.24, 2.45) is 0 Å². The van der Waals surface area contributed by atoms with Crippen LogP contribution < -0.4 is 14.4 Å². The third-order valence-electron chi connectivity index (χ3n) is 5.82. The monoisotopic (exact) mass is 415 g/mol. The minimum absolute atomic E-state index is 0.231. The van der Waals surface area contributed by atoms with E-state index in [4.69, 9.17) is 4.74 Å². The molecule has 2 heterocycles. The summed E-state index contributed by atoms with van der Waals surface area (Å²) < 4.78 is 33.9. The molecule has 7 heteroatoms. The molecule has 156 valence electrons. The second-order valence-electron chi connectivity index (χ2n) is 7.99. The zero-order chi connectivity index (χ0) is 20.6. The molecule has 2 aromatic carbocycles. The molecular formula is C22H29N3O3S. The van der Waals surface area contributed by atoms with Crippen LogP contribution in [0.15, 0.2) is 41.3 Å². The van der Waals surface area contributed by atoms with Crippen molar-refractivity contribution >= 4 is 15.7 Å². The maximum atomic E-state index is 13.5. The summed E-state index contributed by atoms with van der Waals surface area (Å²) in [5, 5.41) is 3.47. The molecule has 0 spiro atoms. The summed E-state index contributed by atoms with van der Waals surface area (Å²) in [7, 11) is -2.18. The Morgan fingerprint density at radius 3 is 2.79 bits per heavy atom. The standard InChI is InChI=1S/C22H29N3O3S/c1-16-7-8-21(28-3)22(13-16)29(26,27)25-11-9-19-18(5-4-6-20(19)25)15-24-12-10-23-17(2)14-24/h4-8,13,17,23H,9-12,14-15H2,1-3H3. The lowest BCUT2D eigenvalue weighted by molar-refractivity contribution is 0.199. The summed E-state index contributed by atoms with van der Waals surface area (Å²) in [6, 6.07) is 11.8. The van der Waals surface area contributed by atoms with Crippen molar-refractivity contribution in [3.63, 3.8) is 0 Å². The first-order valence-electron chi connectivity index (χ1n) is 10.1. The second kappa shape index (κ2) is 7.97. The van der Waals surface area contributed by atoms with Crippen LogP contribution in [0, 0.1) is 6.92 Å². The Kier molecular flexibility index (Phi) is 5.55. The fourth-order valence-electron chi connectivity index (χ4n) is 4.38. The van der Waals surface area contributed by atoms with Gasteiger partial charge in [0, 0.05) is 38.8 Å². The zero-order valence-corrected chi connectivity index (χ0v) is 18.1. The number of hydrogen-bond acceptors (Lipinski definition) is 5. The summed E-state index contributed by atoms with van der Waals surface area (Å²) in [5.74, 6) is 0.384. The Hall–Kier alpha value is -2.09. The molecule has 0 aliphatic carbocycles.